The number of rotatable bonds is 2. The van der Waals surface area contributed by atoms with Crippen LogP contribution in [-0.2, 0) is 6.54 Å². The van der Waals surface area contributed by atoms with Crippen LogP contribution in [0.1, 0.15) is 12.8 Å². The van der Waals surface area contributed by atoms with Crippen molar-refractivity contribution < 1.29 is 8.98 Å². The van der Waals surface area contributed by atoms with Gasteiger partial charge in [-0.1, -0.05) is 18.7 Å². The maximum absolute atomic E-state index is 5.58. The average Bonchev–Trinajstić information content (AvgIpc) is 2.55. The Labute approximate surface area is 77.1 Å². The second-order valence-electron chi connectivity index (χ2n) is 2.86. The van der Waals surface area contributed by atoms with Gasteiger partial charge in [-0.3, -0.25) is 0 Å². The zero-order valence-electron chi connectivity index (χ0n) is 7.66. The van der Waals surface area contributed by atoms with Gasteiger partial charge in [0.05, 0.1) is 0 Å². The highest BCUT2D eigenvalue weighted by Crippen LogP contribution is 2.13. The highest BCUT2D eigenvalue weighted by Gasteiger charge is 2.16. The Morgan fingerprint density at radius 3 is 2.92 bits per heavy atom. The van der Waals surface area contributed by atoms with Gasteiger partial charge in [0, 0.05) is 12.1 Å². The molecule has 0 aliphatic rings. The molecule has 1 aromatic carbocycles. The summed E-state index contributed by atoms with van der Waals surface area (Å²) < 4.78 is 7.68. The quantitative estimate of drug-likeness (QED) is 0.639. The van der Waals surface area contributed by atoms with Crippen molar-refractivity contribution in [2.75, 3.05) is 0 Å². The largest absolute Gasteiger partial charge is 0.398 e. The van der Waals surface area contributed by atoms with E-state index >= 15 is 0 Å². The third-order valence-corrected chi connectivity index (χ3v) is 2.13. The van der Waals surface area contributed by atoms with Gasteiger partial charge in [0.2, 0.25) is 5.58 Å². The fourth-order valence-corrected chi connectivity index (χ4v) is 1.53. The Balaban J connectivity index is 2.81. The second-order valence-corrected chi connectivity index (χ2v) is 2.86. The number of hydrogen-bond donors (Lipinski definition) is 0. The zero-order chi connectivity index (χ0) is 9.26. The van der Waals surface area contributed by atoms with Gasteiger partial charge in [0.25, 0.3) is 5.52 Å². The first-order valence-electron chi connectivity index (χ1n) is 4.40. The molecule has 0 fully saturated rings. The van der Waals surface area contributed by atoms with Crippen LogP contribution in [0.5, 0.6) is 0 Å². The first kappa shape index (κ1) is 8.05. The molecule has 1 aromatic heterocycles. The van der Waals surface area contributed by atoms with Crippen molar-refractivity contribution in [1.82, 2.24) is 0 Å². The molecule has 0 bridgehead atoms. The predicted molar refractivity (Wildman–Crippen MR) is 52.2 cm³/mol. The minimum atomic E-state index is 0.823. The highest BCUT2D eigenvalue weighted by molar-refractivity contribution is 5.69. The van der Waals surface area contributed by atoms with E-state index in [2.05, 4.69) is 24.1 Å². The Morgan fingerprint density at radius 2 is 2.23 bits per heavy atom. The highest BCUT2D eigenvalue weighted by atomic mass is 16.3. The lowest BCUT2D eigenvalue weighted by Gasteiger charge is -1.86. The molecule has 2 heteroatoms. The van der Waals surface area contributed by atoms with Crippen LogP contribution in [0.2, 0.25) is 0 Å². The van der Waals surface area contributed by atoms with Crippen LogP contribution in [0.15, 0.2) is 35.3 Å². The standard InChI is InChI=1S/C11H12NO/c1-3-11-12(4-2)9-7-5-6-8-10(9)13-11/h3,5-8H,1,4H2,2H3/q+1. The number of oxazole rings is 1. The first-order valence-corrected chi connectivity index (χ1v) is 4.40. The average molecular weight is 174 g/mol. The van der Waals surface area contributed by atoms with E-state index in [9.17, 15) is 0 Å². The van der Waals surface area contributed by atoms with E-state index < -0.39 is 0 Å². The summed E-state index contributed by atoms with van der Waals surface area (Å²) in [6.07, 6.45) is 1.74. The Kier molecular flexibility index (Phi) is 1.89. The lowest BCUT2D eigenvalue weighted by atomic mass is 10.3. The van der Waals surface area contributed by atoms with Crippen molar-refractivity contribution in [1.29, 1.82) is 0 Å². The Hall–Kier alpha value is -1.57. The molecule has 2 nitrogen and oxygen atoms in total. The van der Waals surface area contributed by atoms with Crippen molar-refractivity contribution in [2.45, 2.75) is 13.5 Å². The molecule has 0 aliphatic heterocycles. The Bertz CT molecular complexity index is 442. The fourth-order valence-electron chi connectivity index (χ4n) is 1.53. The van der Waals surface area contributed by atoms with Crippen LogP contribution in [0, 0.1) is 0 Å². The predicted octanol–water partition coefficient (Wildman–Crippen LogP) is 2.38. The zero-order valence-corrected chi connectivity index (χ0v) is 7.66. The molecule has 0 aliphatic carbocycles. The summed E-state index contributed by atoms with van der Waals surface area (Å²) in [6, 6.07) is 8.00. The van der Waals surface area contributed by atoms with Crippen molar-refractivity contribution >= 4 is 17.2 Å². The lowest BCUT2D eigenvalue weighted by Crippen LogP contribution is -2.33. The van der Waals surface area contributed by atoms with Gasteiger partial charge in [-0.2, -0.15) is 4.57 Å². The summed E-state index contributed by atoms with van der Waals surface area (Å²) in [4.78, 5) is 0. The van der Waals surface area contributed by atoms with Gasteiger partial charge in [0.1, 0.15) is 6.54 Å². The van der Waals surface area contributed by atoms with E-state index in [1.807, 2.05) is 18.2 Å². The Morgan fingerprint density at radius 1 is 1.46 bits per heavy atom. The van der Waals surface area contributed by atoms with Gasteiger partial charge in [-0.05, 0) is 13.0 Å². The monoisotopic (exact) mass is 174 g/mol. The van der Waals surface area contributed by atoms with E-state index in [4.69, 9.17) is 4.42 Å². The van der Waals surface area contributed by atoms with E-state index in [1.54, 1.807) is 6.08 Å². The maximum Gasteiger partial charge on any atom is 0.373 e. The van der Waals surface area contributed by atoms with Crippen LogP contribution in [0.25, 0.3) is 17.2 Å². The number of aromatic nitrogens is 1. The van der Waals surface area contributed by atoms with Crippen molar-refractivity contribution in [2.24, 2.45) is 0 Å². The van der Waals surface area contributed by atoms with Crippen LogP contribution in [0.3, 0.4) is 0 Å². The summed E-state index contributed by atoms with van der Waals surface area (Å²) >= 11 is 0. The normalized spacial score (nSPS) is 10.5. The molecule has 13 heavy (non-hydrogen) atoms. The molecule has 0 N–H and O–H groups in total. The number of nitrogens with zero attached hydrogens (tertiary/aromatic N) is 1. The molecule has 0 unspecified atom stereocenters. The number of aryl methyl sites for hydroxylation is 1. The summed E-state index contributed by atoms with van der Waals surface area (Å²) in [6.45, 7) is 6.71. The smallest absolute Gasteiger partial charge is 0.373 e. The van der Waals surface area contributed by atoms with Crippen LogP contribution >= 0.6 is 0 Å². The molecule has 66 valence electrons. The van der Waals surface area contributed by atoms with E-state index in [1.165, 1.54) is 0 Å². The summed E-state index contributed by atoms with van der Waals surface area (Å²) in [5.74, 6) is 0.823. The van der Waals surface area contributed by atoms with Gasteiger partial charge in [-0.25, -0.2) is 0 Å². The van der Waals surface area contributed by atoms with Crippen molar-refractivity contribution in [3.05, 3.63) is 36.7 Å². The van der Waals surface area contributed by atoms with E-state index in [0.29, 0.717) is 0 Å². The van der Waals surface area contributed by atoms with Crippen LogP contribution < -0.4 is 4.57 Å². The molecule has 0 atom stereocenters. The molecule has 0 saturated heterocycles. The molecule has 2 aromatic rings. The molecule has 0 spiro atoms. The molecule has 1 heterocycles. The summed E-state index contributed by atoms with van der Waals surface area (Å²) in [7, 11) is 0. The van der Waals surface area contributed by atoms with Crippen molar-refractivity contribution in [3.8, 4) is 0 Å². The summed E-state index contributed by atoms with van der Waals surface area (Å²) in [5.41, 5.74) is 2.04. The van der Waals surface area contributed by atoms with Crippen LogP contribution in [-0.4, -0.2) is 0 Å². The molecule has 0 amide bonds. The van der Waals surface area contributed by atoms with Crippen LogP contribution in [0.4, 0.5) is 0 Å². The molecule has 0 saturated carbocycles. The summed E-state index contributed by atoms with van der Waals surface area (Å²) in [5, 5.41) is 0. The molecular formula is C11H12NO+. The first-order chi connectivity index (χ1) is 6.36. The number of para-hydroxylation sites is 2. The molecule has 0 radical (unpaired) electrons. The number of fused-ring (bicyclic) bond motifs is 1. The number of benzene rings is 1. The van der Waals surface area contributed by atoms with E-state index in [0.717, 1.165) is 23.5 Å². The fraction of sp³-hybridized carbons (Fsp3) is 0.182. The SMILES string of the molecule is C=Cc1oc2ccccc2[n+]1CC. The van der Waals surface area contributed by atoms with Gasteiger partial charge in [0.15, 0.2) is 0 Å². The second kappa shape index (κ2) is 3.05. The van der Waals surface area contributed by atoms with Gasteiger partial charge < -0.3 is 4.42 Å². The topological polar surface area (TPSA) is 17.0 Å². The van der Waals surface area contributed by atoms with E-state index in [-0.39, 0.29) is 0 Å². The van der Waals surface area contributed by atoms with Gasteiger partial charge in [-0.15, -0.1) is 0 Å². The van der Waals surface area contributed by atoms with Crippen molar-refractivity contribution in [3.63, 3.8) is 0 Å². The third kappa shape index (κ3) is 1.15. The molecule has 2 rings (SSSR count). The molecular weight excluding hydrogens is 162 g/mol. The minimum Gasteiger partial charge on any atom is -0.398 e. The minimum absolute atomic E-state index is 0.823. The maximum atomic E-state index is 5.58. The third-order valence-electron chi connectivity index (χ3n) is 2.13. The lowest BCUT2D eigenvalue weighted by molar-refractivity contribution is -0.674. The van der Waals surface area contributed by atoms with Gasteiger partial charge >= 0.3 is 5.89 Å². The number of hydrogen-bond acceptors (Lipinski definition) is 1.